The number of thioether (sulfide) groups is 2. The fourth-order valence-corrected chi connectivity index (χ4v) is 5.30. The summed E-state index contributed by atoms with van der Waals surface area (Å²) in [4.78, 5) is 6.21. The van der Waals surface area contributed by atoms with Crippen LogP contribution in [0.1, 0.15) is 44.6 Å². The van der Waals surface area contributed by atoms with E-state index in [2.05, 4.69) is 79.9 Å². The highest BCUT2D eigenvalue weighted by Crippen LogP contribution is 2.47. The maximum atomic E-state index is 4.32. The molecular weight excluding hydrogens is 366 g/mol. The lowest BCUT2D eigenvalue weighted by Gasteiger charge is -2.21. The van der Waals surface area contributed by atoms with Gasteiger partial charge in [0.25, 0.3) is 0 Å². The van der Waals surface area contributed by atoms with Crippen LogP contribution < -0.4 is 4.90 Å². The van der Waals surface area contributed by atoms with E-state index in [0.717, 1.165) is 11.4 Å². The quantitative estimate of drug-likeness (QED) is 0.312. The molecule has 0 saturated heterocycles. The summed E-state index contributed by atoms with van der Waals surface area (Å²) in [5.41, 5.74) is 2.65. The van der Waals surface area contributed by atoms with E-state index in [1.165, 1.54) is 58.2 Å². The molecule has 0 unspecified atom stereocenters. The monoisotopic (exact) mass is 395 g/mol. The summed E-state index contributed by atoms with van der Waals surface area (Å²) < 4.78 is 0. The van der Waals surface area contributed by atoms with Crippen LogP contribution in [0, 0.1) is 6.92 Å². The molecule has 0 aromatic heterocycles. The van der Waals surface area contributed by atoms with Gasteiger partial charge in [-0.15, -0.1) is 0 Å². The number of anilines is 1. The van der Waals surface area contributed by atoms with E-state index in [4.69, 9.17) is 0 Å². The van der Waals surface area contributed by atoms with E-state index < -0.39 is 0 Å². The van der Waals surface area contributed by atoms with Crippen LogP contribution in [0.3, 0.4) is 0 Å². The average molecular weight is 396 g/mol. The molecule has 0 saturated carbocycles. The van der Waals surface area contributed by atoms with Crippen molar-refractivity contribution in [2.75, 3.05) is 11.4 Å². The Morgan fingerprint density at radius 1 is 1.04 bits per heavy atom. The molecule has 2 aromatic rings. The standard InChI is InChI=1S/C24H29NS2/c1-4-5-6-7-12-17-25-21-14-9-11-16-23(21)27-24(25)18-20(3)26-22-15-10-8-13-19(22)2/h8-11,13-16,18H,3-7,12,17H2,1-2H3/b24-18-. The maximum Gasteiger partial charge on any atom is 0.0812 e. The van der Waals surface area contributed by atoms with E-state index in [9.17, 15) is 0 Å². The van der Waals surface area contributed by atoms with Gasteiger partial charge in [-0.25, -0.2) is 0 Å². The minimum atomic E-state index is 1.09. The molecule has 0 bridgehead atoms. The van der Waals surface area contributed by atoms with E-state index >= 15 is 0 Å². The third kappa shape index (κ3) is 5.46. The van der Waals surface area contributed by atoms with Crippen molar-refractivity contribution in [3.05, 3.63) is 76.7 Å². The third-order valence-corrected chi connectivity index (χ3v) is 6.91. The Balaban J connectivity index is 1.71. The molecule has 0 atom stereocenters. The van der Waals surface area contributed by atoms with Crippen molar-refractivity contribution in [2.24, 2.45) is 0 Å². The number of nitrogens with zero attached hydrogens (tertiary/aromatic N) is 1. The largest absolute Gasteiger partial charge is 0.335 e. The highest BCUT2D eigenvalue weighted by atomic mass is 32.2. The number of unbranched alkanes of at least 4 members (excludes halogenated alkanes) is 4. The molecule has 1 aliphatic heterocycles. The fraction of sp³-hybridized carbons (Fsp3) is 0.333. The lowest BCUT2D eigenvalue weighted by Crippen LogP contribution is -2.19. The molecule has 1 aliphatic rings. The van der Waals surface area contributed by atoms with Gasteiger partial charge in [-0.2, -0.15) is 0 Å². The zero-order valence-electron chi connectivity index (χ0n) is 16.4. The first-order valence-electron chi connectivity index (χ1n) is 9.87. The van der Waals surface area contributed by atoms with Gasteiger partial charge in [0.2, 0.25) is 0 Å². The number of para-hydroxylation sites is 1. The zero-order valence-corrected chi connectivity index (χ0v) is 18.0. The van der Waals surface area contributed by atoms with E-state index in [-0.39, 0.29) is 0 Å². The highest BCUT2D eigenvalue weighted by Gasteiger charge is 2.24. The number of allylic oxidation sites excluding steroid dienone is 1. The second kappa shape index (κ2) is 10.1. The van der Waals surface area contributed by atoms with Crippen LogP contribution in [0.2, 0.25) is 0 Å². The SMILES string of the molecule is C=C(/C=C1\Sc2ccccc2N1CCCCCCC)Sc1ccccc1C. The van der Waals surface area contributed by atoms with Gasteiger partial charge in [0.05, 0.1) is 10.7 Å². The van der Waals surface area contributed by atoms with Crippen LogP contribution in [0.15, 0.2) is 80.9 Å². The number of hydrogen-bond acceptors (Lipinski definition) is 3. The predicted octanol–water partition coefficient (Wildman–Crippen LogP) is 8.02. The highest BCUT2D eigenvalue weighted by molar-refractivity contribution is 8.04. The summed E-state index contributed by atoms with van der Waals surface area (Å²) in [6.45, 7) is 9.83. The van der Waals surface area contributed by atoms with Gasteiger partial charge in [-0.05, 0) is 43.2 Å². The van der Waals surface area contributed by atoms with Gasteiger partial charge in [-0.1, -0.05) is 93.0 Å². The molecule has 27 heavy (non-hydrogen) atoms. The number of rotatable bonds is 9. The fourth-order valence-electron chi connectivity index (χ4n) is 3.24. The van der Waals surface area contributed by atoms with Gasteiger partial charge in [0.15, 0.2) is 0 Å². The Bertz CT molecular complexity index is 810. The van der Waals surface area contributed by atoms with Crippen LogP contribution in [-0.4, -0.2) is 6.54 Å². The molecular formula is C24H29NS2. The van der Waals surface area contributed by atoms with Gasteiger partial charge >= 0.3 is 0 Å². The molecule has 0 amide bonds. The number of aryl methyl sites for hydroxylation is 1. The number of benzene rings is 2. The summed E-state index contributed by atoms with van der Waals surface area (Å²) >= 11 is 3.63. The van der Waals surface area contributed by atoms with Crippen molar-refractivity contribution in [3.63, 3.8) is 0 Å². The molecule has 142 valence electrons. The number of fused-ring (bicyclic) bond motifs is 1. The lowest BCUT2D eigenvalue weighted by atomic mass is 10.1. The molecule has 0 radical (unpaired) electrons. The maximum absolute atomic E-state index is 4.32. The third-order valence-electron chi connectivity index (χ3n) is 4.74. The first-order chi connectivity index (χ1) is 13.2. The Morgan fingerprint density at radius 3 is 2.59 bits per heavy atom. The summed E-state index contributed by atoms with van der Waals surface area (Å²) in [5, 5.41) is 1.30. The molecule has 2 aromatic carbocycles. The second-order valence-corrected chi connectivity index (χ2v) is 9.18. The van der Waals surface area contributed by atoms with Crippen molar-refractivity contribution in [1.82, 2.24) is 0 Å². The lowest BCUT2D eigenvalue weighted by molar-refractivity contribution is 0.632. The Labute approximate surface area is 172 Å². The van der Waals surface area contributed by atoms with E-state index in [1.807, 2.05) is 11.8 Å². The summed E-state index contributed by atoms with van der Waals surface area (Å²) in [5.74, 6) is 0. The minimum Gasteiger partial charge on any atom is -0.335 e. The minimum absolute atomic E-state index is 1.09. The number of hydrogen-bond donors (Lipinski definition) is 0. The van der Waals surface area contributed by atoms with Gasteiger partial charge in [0.1, 0.15) is 0 Å². The van der Waals surface area contributed by atoms with Crippen LogP contribution in [-0.2, 0) is 0 Å². The van der Waals surface area contributed by atoms with Crippen molar-refractivity contribution in [2.45, 2.75) is 55.7 Å². The average Bonchev–Trinajstić information content (AvgIpc) is 3.00. The molecule has 3 heteroatoms. The van der Waals surface area contributed by atoms with Crippen molar-refractivity contribution >= 4 is 29.2 Å². The summed E-state index contributed by atoms with van der Waals surface area (Å²) in [6, 6.07) is 17.3. The molecule has 0 N–H and O–H groups in total. The van der Waals surface area contributed by atoms with Crippen molar-refractivity contribution in [1.29, 1.82) is 0 Å². The van der Waals surface area contributed by atoms with Crippen LogP contribution >= 0.6 is 23.5 Å². The molecule has 0 spiro atoms. The molecule has 1 nitrogen and oxygen atoms in total. The first-order valence-corrected chi connectivity index (χ1v) is 11.5. The first kappa shape index (κ1) is 20.2. The molecule has 0 fully saturated rings. The normalized spacial score (nSPS) is 14.6. The van der Waals surface area contributed by atoms with E-state index in [0.29, 0.717) is 0 Å². The van der Waals surface area contributed by atoms with Crippen molar-refractivity contribution < 1.29 is 0 Å². The Hall–Kier alpha value is -1.58. The molecule has 3 rings (SSSR count). The van der Waals surface area contributed by atoms with E-state index in [1.54, 1.807) is 11.8 Å². The topological polar surface area (TPSA) is 3.24 Å². The van der Waals surface area contributed by atoms with Gasteiger partial charge in [-0.3, -0.25) is 0 Å². The second-order valence-electron chi connectivity index (χ2n) is 6.95. The van der Waals surface area contributed by atoms with Crippen LogP contribution in [0.4, 0.5) is 5.69 Å². The van der Waals surface area contributed by atoms with Crippen LogP contribution in [0.25, 0.3) is 0 Å². The van der Waals surface area contributed by atoms with Gasteiger partial charge < -0.3 is 4.90 Å². The predicted molar refractivity (Wildman–Crippen MR) is 123 cm³/mol. The molecule has 1 heterocycles. The Morgan fingerprint density at radius 2 is 1.78 bits per heavy atom. The Kier molecular flexibility index (Phi) is 7.54. The van der Waals surface area contributed by atoms with Gasteiger partial charge in [0, 0.05) is 21.2 Å². The summed E-state index contributed by atoms with van der Waals surface area (Å²) in [7, 11) is 0. The van der Waals surface area contributed by atoms with Crippen molar-refractivity contribution in [3.8, 4) is 0 Å². The molecule has 0 aliphatic carbocycles. The van der Waals surface area contributed by atoms with Crippen LogP contribution in [0.5, 0.6) is 0 Å². The smallest absolute Gasteiger partial charge is 0.0812 e. The zero-order chi connectivity index (χ0) is 19.1. The summed E-state index contributed by atoms with van der Waals surface area (Å²) in [6.07, 6.45) is 8.79.